The van der Waals surface area contributed by atoms with Crippen molar-refractivity contribution in [2.24, 2.45) is 0 Å². The first kappa shape index (κ1) is 17.2. The maximum absolute atomic E-state index is 13.1. The van der Waals surface area contributed by atoms with Crippen LogP contribution >= 0.6 is 0 Å². The van der Waals surface area contributed by atoms with Gasteiger partial charge in [-0.3, -0.25) is 0 Å². The molecule has 1 fully saturated rings. The molecule has 0 radical (unpaired) electrons. The predicted octanol–water partition coefficient (Wildman–Crippen LogP) is 5.20. The fraction of sp³-hybridized carbons (Fsp3) is 0.286. The molecule has 2 atom stereocenters. The smallest absolute Gasteiger partial charge is 0.411 e. The highest BCUT2D eigenvalue weighted by atomic mass is 19.1. The molecular weight excluding hydrogens is 317 g/mol. The van der Waals surface area contributed by atoms with E-state index in [1.807, 2.05) is 37.3 Å². The molecule has 3 rings (SSSR count). The van der Waals surface area contributed by atoms with Crippen molar-refractivity contribution >= 4 is 6.09 Å². The molecule has 1 aliphatic rings. The van der Waals surface area contributed by atoms with Crippen molar-refractivity contribution in [1.82, 2.24) is 4.90 Å². The number of amides is 1. The van der Waals surface area contributed by atoms with Crippen molar-refractivity contribution in [2.45, 2.75) is 31.4 Å². The molecule has 1 aliphatic heterocycles. The van der Waals surface area contributed by atoms with Gasteiger partial charge in [0.05, 0.1) is 6.04 Å². The number of cyclic esters (lactones) is 1. The Bertz CT molecular complexity index is 744. The Hall–Kier alpha value is -2.62. The minimum absolute atomic E-state index is 0.175. The van der Waals surface area contributed by atoms with E-state index in [4.69, 9.17) is 4.74 Å². The third kappa shape index (κ3) is 3.43. The normalized spacial score (nSPS) is 21.5. The van der Waals surface area contributed by atoms with E-state index in [1.54, 1.807) is 23.1 Å². The lowest BCUT2D eigenvalue weighted by atomic mass is 9.85. The number of halogens is 1. The van der Waals surface area contributed by atoms with Gasteiger partial charge >= 0.3 is 6.09 Å². The van der Waals surface area contributed by atoms with Gasteiger partial charge in [0.25, 0.3) is 0 Å². The van der Waals surface area contributed by atoms with Crippen molar-refractivity contribution in [1.29, 1.82) is 0 Å². The Kier molecular flexibility index (Phi) is 4.88. The largest absolute Gasteiger partial charge is 0.437 e. The first-order valence-corrected chi connectivity index (χ1v) is 8.47. The van der Waals surface area contributed by atoms with Crippen molar-refractivity contribution in [3.63, 3.8) is 0 Å². The average molecular weight is 339 g/mol. The summed E-state index contributed by atoms with van der Waals surface area (Å²) in [6, 6.07) is 15.9. The molecule has 0 aliphatic carbocycles. The van der Waals surface area contributed by atoms with Gasteiger partial charge in [-0.25, -0.2) is 9.18 Å². The summed E-state index contributed by atoms with van der Waals surface area (Å²) in [5.41, 5.74) is 1.20. The highest BCUT2D eigenvalue weighted by molar-refractivity contribution is 5.70. The quantitative estimate of drug-likeness (QED) is 0.701. The van der Waals surface area contributed by atoms with E-state index in [2.05, 4.69) is 6.58 Å². The summed E-state index contributed by atoms with van der Waals surface area (Å²) in [6.45, 7) is 6.32. The van der Waals surface area contributed by atoms with Gasteiger partial charge in [0.2, 0.25) is 0 Å². The van der Waals surface area contributed by atoms with Crippen LogP contribution in [0.25, 0.3) is 0 Å². The SMILES string of the molecule is C=CCC1(c2ccccc2)CCN([C@@H](C)c2ccc(F)cc2)C(=O)O1. The van der Waals surface area contributed by atoms with Gasteiger partial charge in [-0.15, -0.1) is 6.58 Å². The molecule has 0 aromatic heterocycles. The number of hydrogen-bond acceptors (Lipinski definition) is 2. The molecule has 1 saturated heterocycles. The van der Waals surface area contributed by atoms with Gasteiger partial charge < -0.3 is 9.64 Å². The lowest BCUT2D eigenvalue weighted by molar-refractivity contribution is -0.0588. The maximum atomic E-state index is 13.1. The number of carbonyl (C=O) groups is 1. The van der Waals surface area contributed by atoms with Crippen LogP contribution in [-0.4, -0.2) is 17.5 Å². The monoisotopic (exact) mass is 339 g/mol. The minimum Gasteiger partial charge on any atom is -0.437 e. The van der Waals surface area contributed by atoms with Crippen LogP contribution in [0.3, 0.4) is 0 Å². The molecule has 4 heteroatoms. The van der Waals surface area contributed by atoms with Crippen molar-refractivity contribution in [3.8, 4) is 0 Å². The van der Waals surface area contributed by atoms with Gasteiger partial charge in [-0.1, -0.05) is 48.5 Å². The number of ether oxygens (including phenoxy) is 1. The predicted molar refractivity (Wildman–Crippen MR) is 95.6 cm³/mol. The van der Waals surface area contributed by atoms with E-state index in [0.717, 1.165) is 11.1 Å². The molecular formula is C21H22FNO2. The maximum Gasteiger partial charge on any atom is 0.411 e. The molecule has 130 valence electrons. The van der Waals surface area contributed by atoms with Crippen LogP contribution in [-0.2, 0) is 10.3 Å². The summed E-state index contributed by atoms with van der Waals surface area (Å²) in [5.74, 6) is -0.286. The van der Waals surface area contributed by atoms with Crippen LogP contribution in [0.5, 0.6) is 0 Å². The Morgan fingerprint density at radius 2 is 1.92 bits per heavy atom. The third-order valence-electron chi connectivity index (χ3n) is 4.87. The average Bonchev–Trinajstić information content (AvgIpc) is 2.63. The zero-order valence-corrected chi connectivity index (χ0v) is 14.3. The van der Waals surface area contributed by atoms with Crippen LogP contribution in [0.1, 0.15) is 36.9 Å². The molecule has 2 aromatic carbocycles. The third-order valence-corrected chi connectivity index (χ3v) is 4.87. The number of rotatable bonds is 5. The van der Waals surface area contributed by atoms with Crippen LogP contribution in [0.15, 0.2) is 67.3 Å². The Balaban J connectivity index is 1.82. The second-order valence-corrected chi connectivity index (χ2v) is 6.39. The number of carbonyl (C=O) groups excluding carboxylic acids is 1. The second-order valence-electron chi connectivity index (χ2n) is 6.39. The summed E-state index contributed by atoms with van der Waals surface area (Å²) in [7, 11) is 0. The zero-order valence-electron chi connectivity index (χ0n) is 14.3. The van der Waals surface area contributed by atoms with Crippen LogP contribution in [0.2, 0.25) is 0 Å². The molecule has 1 heterocycles. The van der Waals surface area contributed by atoms with E-state index >= 15 is 0 Å². The zero-order chi connectivity index (χ0) is 17.9. The Morgan fingerprint density at radius 3 is 2.52 bits per heavy atom. The lowest BCUT2D eigenvalue weighted by Crippen LogP contribution is -2.48. The molecule has 25 heavy (non-hydrogen) atoms. The molecule has 1 unspecified atom stereocenters. The van der Waals surface area contributed by atoms with Crippen molar-refractivity contribution < 1.29 is 13.9 Å². The van der Waals surface area contributed by atoms with E-state index < -0.39 is 5.60 Å². The fourth-order valence-electron chi connectivity index (χ4n) is 3.38. The van der Waals surface area contributed by atoms with Crippen molar-refractivity contribution in [3.05, 3.63) is 84.2 Å². The van der Waals surface area contributed by atoms with Crippen LogP contribution in [0, 0.1) is 5.82 Å². The second kappa shape index (κ2) is 7.09. The van der Waals surface area contributed by atoms with Crippen molar-refractivity contribution in [2.75, 3.05) is 6.54 Å². The first-order chi connectivity index (χ1) is 12.1. The molecule has 3 nitrogen and oxygen atoms in total. The van der Waals surface area contributed by atoms with E-state index in [9.17, 15) is 9.18 Å². The molecule has 0 bridgehead atoms. The van der Waals surface area contributed by atoms with E-state index in [1.165, 1.54) is 12.1 Å². The highest BCUT2D eigenvalue weighted by Gasteiger charge is 2.42. The number of nitrogens with zero attached hydrogens (tertiary/aromatic N) is 1. The summed E-state index contributed by atoms with van der Waals surface area (Å²) in [4.78, 5) is 14.4. The summed E-state index contributed by atoms with van der Waals surface area (Å²) < 4.78 is 19.0. The van der Waals surface area contributed by atoms with Crippen LogP contribution < -0.4 is 0 Å². The fourth-order valence-corrected chi connectivity index (χ4v) is 3.38. The standard InChI is InChI=1S/C21H22FNO2/c1-3-13-21(18-7-5-4-6-8-18)14-15-23(20(24)25-21)16(2)17-9-11-19(22)12-10-17/h3-12,16H,1,13-15H2,2H3/t16-,21?/m0/s1. The molecule has 2 aromatic rings. The molecule has 0 N–H and O–H groups in total. The summed E-state index contributed by atoms with van der Waals surface area (Å²) in [5, 5.41) is 0. The van der Waals surface area contributed by atoms with Gasteiger partial charge in [0.15, 0.2) is 0 Å². The van der Waals surface area contributed by atoms with E-state index in [0.29, 0.717) is 19.4 Å². The lowest BCUT2D eigenvalue weighted by Gasteiger charge is -2.43. The highest BCUT2D eigenvalue weighted by Crippen LogP contribution is 2.39. The van der Waals surface area contributed by atoms with Gasteiger partial charge in [-0.05, 0) is 30.2 Å². The Labute approximate surface area is 147 Å². The molecule has 0 spiro atoms. The summed E-state index contributed by atoms with van der Waals surface area (Å²) >= 11 is 0. The molecule has 1 amide bonds. The molecule has 0 saturated carbocycles. The topological polar surface area (TPSA) is 29.5 Å². The van der Waals surface area contributed by atoms with Gasteiger partial charge in [0, 0.05) is 19.4 Å². The summed E-state index contributed by atoms with van der Waals surface area (Å²) in [6.07, 6.45) is 2.69. The van der Waals surface area contributed by atoms with Crippen LogP contribution in [0.4, 0.5) is 9.18 Å². The van der Waals surface area contributed by atoms with Gasteiger partial charge in [0.1, 0.15) is 11.4 Å². The van der Waals surface area contributed by atoms with E-state index in [-0.39, 0.29) is 18.0 Å². The minimum atomic E-state index is -0.668. The number of benzene rings is 2. The van der Waals surface area contributed by atoms with Gasteiger partial charge in [-0.2, -0.15) is 0 Å². The first-order valence-electron chi connectivity index (χ1n) is 8.47. The Morgan fingerprint density at radius 1 is 1.24 bits per heavy atom. The number of hydrogen-bond donors (Lipinski definition) is 0.